The molecule has 0 saturated heterocycles. The van der Waals surface area contributed by atoms with Gasteiger partial charge in [0.25, 0.3) is 0 Å². The molecule has 0 fully saturated rings. The molecule has 1 aliphatic carbocycles. The van der Waals surface area contributed by atoms with E-state index in [0.29, 0.717) is 23.0 Å². The molecule has 2 aliphatic rings. The van der Waals surface area contributed by atoms with E-state index in [4.69, 9.17) is 9.47 Å². The highest BCUT2D eigenvalue weighted by molar-refractivity contribution is 6.11. The van der Waals surface area contributed by atoms with Crippen LogP contribution in [0.5, 0.6) is 11.5 Å². The zero-order valence-corrected chi connectivity index (χ0v) is 14.8. The highest BCUT2D eigenvalue weighted by Gasteiger charge is 2.23. The van der Waals surface area contributed by atoms with Gasteiger partial charge in [0, 0.05) is 17.3 Å². The largest absolute Gasteiger partial charge is 0.493 e. The van der Waals surface area contributed by atoms with Gasteiger partial charge in [-0.15, -0.1) is 0 Å². The zero-order chi connectivity index (χ0) is 18.0. The Balaban J connectivity index is 1.99. The van der Waals surface area contributed by atoms with Gasteiger partial charge in [-0.05, 0) is 41.3 Å². The third-order valence-corrected chi connectivity index (χ3v) is 4.32. The number of rotatable bonds is 4. The highest BCUT2D eigenvalue weighted by atomic mass is 16.5. The second kappa shape index (κ2) is 6.89. The molecule has 0 aromatic heterocycles. The Morgan fingerprint density at radius 2 is 1.80 bits per heavy atom. The molecule has 3 rings (SSSR count). The molecule has 5 nitrogen and oxygen atoms in total. The maximum atomic E-state index is 12.6. The molecule has 0 spiro atoms. The van der Waals surface area contributed by atoms with Gasteiger partial charge in [-0.1, -0.05) is 26.0 Å². The van der Waals surface area contributed by atoms with Gasteiger partial charge in [0.15, 0.2) is 17.3 Å². The second-order valence-corrected chi connectivity index (χ2v) is 6.18. The first kappa shape index (κ1) is 16.9. The van der Waals surface area contributed by atoms with Crippen LogP contribution in [-0.4, -0.2) is 20.0 Å². The van der Waals surface area contributed by atoms with Crippen LogP contribution < -0.4 is 20.3 Å². The quantitative estimate of drug-likeness (QED) is 0.826. The van der Waals surface area contributed by atoms with Gasteiger partial charge in [0.1, 0.15) is 0 Å². The Labute approximate surface area is 147 Å². The van der Waals surface area contributed by atoms with Crippen LogP contribution in [0.3, 0.4) is 0 Å². The van der Waals surface area contributed by atoms with Crippen LogP contribution in [0.4, 0.5) is 0 Å². The van der Waals surface area contributed by atoms with Gasteiger partial charge >= 0.3 is 0 Å². The number of ketones is 1. The summed E-state index contributed by atoms with van der Waals surface area (Å²) in [4.78, 5) is 12.6. The summed E-state index contributed by atoms with van der Waals surface area (Å²) in [7, 11) is 3.21. The number of carbonyl (C=O) groups is 1. The lowest BCUT2D eigenvalue weighted by Gasteiger charge is -2.16. The highest BCUT2D eigenvalue weighted by Crippen LogP contribution is 2.34. The number of allylic oxidation sites excluding steroid dienone is 6. The number of nitrogens with one attached hydrogen (secondary N) is 2. The summed E-state index contributed by atoms with van der Waals surface area (Å²) in [6, 6.07) is 5.69. The van der Waals surface area contributed by atoms with Crippen LogP contribution in [0.15, 0.2) is 59.5 Å². The van der Waals surface area contributed by atoms with E-state index in [9.17, 15) is 4.79 Å². The van der Waals surface area contributed by atoms with E-state index in [2.05, 4.69) is 24.7 Å². The average molecular weight is 338 g/mol. The van der Waals surface area contributed by atoms with Crippen molar-refractivity contribution in [3.63, 3.8) is 0 Å². The fraction of sp³-hybridized carbons (Fsp3) is 0.250. The molecule has 1 aliphatic heterocycles. The number of carbonyl (C=O) groups excluding carboxylic acids is 1. The zero-order valence-electron chi connectivity index (χ0n) is 14.8. The Morgan fingerprint density at radius 1 is 1.04 bits per heavy atom. The van der Waals surface area contributed by atoms with Crippen molar-refractivity contribution in [1.82, 2.24) is 10.9 Å². The summed E-state index contributed by atoms with van der Waals surface area (Å²) >= 11 is 0. The van der Waals surface area contributed by atoms with Gasteiger partial charge < -0.3 is 14.9 Å². The van der Waals surface area contributed by atoms with E-state index >= 15 is 0 Å². The first-order valence-corrected chi connectivity index (χ1v) is 8.18. The smallest absolute Gasteiger partial charge is 0.188 e. The van der Waals surface area contributed by atoms with Crippen molar-refractivity contribution in [2.75, 3.05) is 14.2 Å². The van der Waals surface area contributed by atoms with E-state index in [1.165, 1.54) is 0 Å². The molecular formula is C20H22N2O3. The van der Waals surface area contributed by atoms with E-state index in [1.807, 2.05) is 36.6 Å². The molecule has 0 radical (unpaired) electrons. The average Bonchev–Trinajstić information content (AvgIpc) is 3.10. The Kier molecular flexibility index (Phi) is 4.65. The van der Waals surface area contributed by atoms with E-state index in [1.54, 1.807) is 20.3 Å². The lowest BCUT2D eigenvalue weighted by atomic mass is 9.91. The van der Waals surface area contributed by atoms with Gasteiger partial charge in [-0.2, -0.15) is 0 Å². The van der Waals surface area contributed by atoms with Crippen LogP contribution in [0.25, 0.3) is 5.57 Å². The summed E-state index contributed by atoms with van der Waals surface area (Å²) in [6.45, 7) is 4.15. The van der Waals surface area contributed by atoms with E-state index in [-0.39, 0.29) is 5.78 Å². The summed E-state index contributed by atoms with van der Waals surface area (Å²) in [5.41, 5.74) is 10.3. The summed E-state index contributed by atoms with van der Waals surface area (Å²) in [5, 5.41) is 0. The SMILES string of the molecule is COc1ccc(C2=CNN/C2=C2/C=CC(C(C)C)=CC2=O)cc1OC. The number of hydrogen-bond donors (Lipinski definition) is 2. The summed E-state index contributed by atoms with van der Waals surface area (Å²) in [5.74, 6) is 1.63. The fourth-order valence-electron chi connectivity index (χ4n) is 2.87. The topological polar surface area (TPSA) is 59.6 Å². The molecule has 1 heterocycles. The van der Waals surface area contributed by atoms with Crippen molar-refractivity contribution >= 4 is 11.4 Å². The van der Waals surface area contributed by atoms with E-state index < -0.39 is 0 Å². The molecule has 5 heteroatoms. The molecule has 0 unspecified atom stereocenters. The fourth-order valence-corrected chi connectivity index (χ4v) is 2.87. The van der Waals surface area contributed by atoms with Crippen molar-refractivity contribution in [1.29, 1.82) is 0 Å². The maximum Gasteiger partial charge on any atom is 0.188 e. The van der Waals surface area contributed by atoms with Crippen molar-refractivity contribution in [3.8, 4) is 11.5 Å². The first-order chi connectivity index (χ1) is 12.0. The molecule has 2 N–H and O–H groups in total. The Morgan fingerprint density at radius 3 is 2.44 bits per heavy atom. The number of hydrazine groups is 1. The van der Waals surface area contributed by atoms with Crippen LogP contribution in [0.2, 0.25) is 0 Å². The Hall–Kier alpha value is -2.95. The monoisotopic (exact) mass is 338 g/mol. The van der Waals surface area contributed by atoms with Crippen molar-refractivity contribution < 1.29 is 14.3 Å². The summed E-state index contributed by atoms with van der Waals surface area (Å²) in [6.07, 6.45) is 7.42. The van der Waals surface area contributed by atoms with Crippen LogP contribution in [0.1, 0.15) is 19.4 Å². The third-order valence-electron chi connectivity index (χ3n) is 4.32. The minimum atomic E-state index is 0.00350. The lowest BCUT2D eigenvalue weighted by molar-refractivity contribution is -0.111. The number of methoxy groups -OCH3 is 2. The molecule has 0 bridgehead atoms. The predicted molar refractivity (Wildman–Crippen MR) is 97.9 cm³/mol. The first-order valence-electron chi connectivity index (χ1n) is 8.18. The Bertz CT molecular complexity index is 829. The number of hydrogen-bond acceptors (Lipinski definition) is 5. The van der Waals surface area contributed by atoms with Crippen molar-refractivity contribution in [2.45, 2.75) is 13.8 Å². The molecule has 1 aromatic carbocycles. The molecule has 0 atom stereocenters. The van der Waals surface area contributed by atoms with Gasteiger partial charge in [-0.25, -0.2) is 0 Å². The molecule has 1 aromatic rings. The minimum Gasteiger partial charge on any atom is -0.493 e. The lowest BCUT2D eigenvalue weighted by Crippen LogP contribution is -2.22. The molecular weight excluding hydrogens is 316 g/mol. The minimum absolute atomic E-state index is 0.00350. The van der Waals surface area contributed by atoms with Crippen molar-refractivity contribution in [2.24, 2.45) is 5.92 Å². The van der Waals surface area contributed by atoms with E-state index in [0.717, 1.165) is 22.4 Å². The second-order valence-electron chi connectivity index (χ2n) is 6.18. The predicted octanol–water partition coefficient (Wildman–Crippen LogP) is 3.13. The van der Waals surface area contributed by atoms with Gasteiger partial charge in [-0.3, -0.25) is 10.2 Å². The molecule has 0 amide bonds. The van der Waals surface area contributed by atoms with Gasteiger partial charge in [0.05, 0.1) is 19.9 Å². The third kappa shape index (κ3) is 3.18. The van der Waals surface area contributed by atoms with Crippen LogP contribution in [-0.2, 0) is 4.79 Å². The van der Waals surface area contributed by atoms with Crippen LogP contribution in [0, 0.1) is 5.92 Å². The number of ether oxygens (including phenoxy) is 2. The maximum absolute atomic E-state index is 12.6. The molecule has 25 heavy (non-hydrogen) atoms. The summed E-state index contributed by atoms with van der Waals surface area (Å²) < 4.78 is 10.7. The normalized spacial score (nSPS) is 19.3. The van der Waals surface area contributed by atoms with Crippen molar-refractivity contribution in [3.05, 3.63) is 65.0 Å². The molecule has 0 saturated carbocycles. The van der Waals surface area contributed by atoms with Gasteiger partial charge in [0.2, 0.25) is 0 Å². The standard InChI is InChI=1S/C20H22N2O3/c1-12(2)13-5-7-15(17(23)9-13)20-16(11-21-22-20)14-6-8-18(24-3)19(10-14)25-4/h5-12,21-22H,1-4H3/b20-15-. The number of benzene rings is 1. The molecule has 130 valence electrons. The van der Waals surface area contributed by atoms with Crippen LogP contribution >= 0.6 is 0 Å².